The van der Waals surface area contributed by atoms with E-state index in [-0.39, 0.29) is 5.82 Å². The summed E-state index contributed by atoms with van der Waals surface area (Å²) in [5.74, 6) is -0.518. The van der Waals surface area contributed by atoms with Gasteiger partial charge in [0.25, 0.3) is 0 Å². The van der Waals surface area contributed by atoms with Crippen LogP contribution in [0.15, 0.2) is 24.3 Å². The molecule has 2 nitrogen and oxygen atoms in total. The lowest BCUT2D eigenvalue weighted by molar-refractivity contribution is -0.138. The first kappa shape index (κ1) is 21.7. The summed E-state index contributed by atoms with van der Waals surface area (Å²) in [6.45, 7) is 2.03. The number of rotatable bonds is 15. The first-order chi connectivity index (χ1) is 12.1. The summed E-state index contributed by atoms with van der Waals surface area (Å²) in [6, 6.07) is 6.86. The van der Waals surface area contributed by atoms with Gasteiger partial charge in [0.05, 0.1) is 0 Å². The Morgan fingerprint density at radius 2 is 1.36 bits per heavy atom. The van der Waals surface area contributed by atoms with Crippen molar-refractivity contribution in [3.8, 4) is 0 Å². The van der Waals surface area contributed by atoms with E-state index >= 15 is 0 Å². The van der Waals surface area contributed by atoms with Gasteiger partial charge < -0.3 is 5.11 Å². The number of halogens is 1. The van der Waals surface area contributed by atoms with E-state index < -0.39 is 5.97 Å². The molecule has 1 atom stereocenters. The molecule has 0 spiro atoms. The molecular formula is C22H35FO2. The van der Waals surface area contributed by atoms with Crippen molar-refractivity contribution in [1.29, 1.82) is 0 Å². The number of benzene rings is 1. The zero-order valence-corrected chi connectivity index (χ0v) is 15.8. The average molecular weight is 350 g/mol. The van der Waals surface area contributed by atoms with Crippen LogP contribution in [0.4, 0.5) is 4.39 Å². The van der Waals surface area contributed by atoms with E-state index in [4.69, 9.17) is 5.11 Å². The lowest BCUT2D eigenvalue weighted by Gasteiger charge is -2.08. The second-order valence-corrected chi connectivity index (χ2v) is 7.40. The van der Waals surface area contributed by atoms with Crippen LogP contribution in [0.5, 0.6) is 0 Å². The minimum atomic E-state index is -0.676. The van der Waals surface area contributed by atoms with E-state index in [1.807, 2.05) is 19.1 Å². The van der Waals surface area contributed by atoms with Gasteiger partial charge in [-0.15, -0.1) is 0 Å². The standard InChI is InChI=1S/C22H35FO2/c1-19(18-22(24)25)12-10-8-6-4-2-3-5-7-9-11-13-20-14-16-21(23)17-15-20/h14-17,19H,2-13,18H2,1H3,(H,24,25)/t19-/m0/s1/i23-1. The van der Waals surface area contributed by atoms with Gasteiger partial charge in [-0.3, -0.25) is 4.79 Å². The van der Waals surface area contributed by atoms with Gasteiger partial charge in [0.1, 0.15) is 5.82 Å². The van der Waals surface area contributed by atoms with E-state index in [2.05, 4.69) is 0 Å². The van der Waals surface area contributed by atoms with E-state index in [0.29, 0.717) is 12.3 Å². The zero-order chi connectivity index (χ0) is 18.3. The predicted molar refractivity (Wildman–Crippen MR) is 102 cm³/mol. The molecule has 25 heavy (non-hydrogen) atoms. The monoisotopic (exact) mass is 349 g/mol. The summed E-state index contributed by atoms with van der Waals surface area (Å²) >= 11 is 0. The molecule has 1 aromatic carbocycles. The summed E-state index contributed by atoms with van der Waals surface area (Å²) in [5.41, 5.74) is 1.24. The molecule has 1 rings (SSSR count). The fraction of sp³-hybridized carbons (Fsp3) is 0.682. The lowest BCUT2D eigenvalue weighted by atomic mass is 9.99. The molecule has 142 valence electrons. The molecule has 0 amide bonds. The Morgan fingerprint density at radius 1 is 0.880 bits per heavy atom. The van der Waals surface area contributed by atoms with E-state index in [1.165, 1.54) is 63.4 Å². The molecule has 0 saturated carbocycles. The molecule has 0 heterocycles. The lowest BCUT2D eigenvalue weighted by Crippen LogP contribution is -2.03. The highest BCUT2D eigenvalue weighted by atomic mass is 18.2. The second-order valence-electron chi connectivity index (χ2n) is 7.40. The summed E-state index contributed by atoms with van der Waals surface area (Å²) in [5, 5.41) is 8.72. The topological polar surface area (TPSA) is 37.3 Å². The normalized spacial score (nSPS) is 12.2. The molecule has 3 heteroatoms. The highest BCUT2D eigenvalue weighted by Gasteiger charge is 2.06. The first-order valence-corrected chi connectivity index (χ1v) is 10.0. The Labute approximate surface area is 152 Å². The SMILES string of the molecule is C[C@@H](CCCCCCCCCCCCc1ccc([18F])cc1)CC(=O)O. The van der Waals surface area contributed by atoms with Crippen LogP contribution in [-0.4, -0.2) is 11.1 Å². The van der Waals surface area contributed by atoms with E-state index in [9.17, 15) is 9.18 Å². The molecule has 1 N–H and O–H groups in total. The summed E-state index contributed by atoms with van der Waals surface area (Å²) in [7, 11) is 0. The van der Waals surface area contributed by atoms with Gasteiger partial charge in [-0.25, -0.2) is 4.39 Å². The number of carbonyl (C=O) groups is 1. The van der Waals surface area contributed by atoms with Crippen molar-refractivity contribution in [1.82, 2.24) is 0 Å². The Kier molecular flexibility index (Phi) is 12.0. The molecule has 0 bridgehead atoms. The fourth-order valence-corrected chi connectivity index (χ4v) is 3.29. The van der Waals surface area contributed by atoms with Crippen LogP contribution in [0.25, 0.3) is 0 Å². The third-order valence-corrected chi connectivity index (χ3v) is 4.85. The molecule has 0 radical (unpaired) electrons. The number of hydrogen-bond donors (Lipinski definition) is 1. The third-order valence-electron chi connectivity index (χ3n) is 4.85. The van der Waals surface area contributed by atoms with Gasteiger partial charge in [0, 0.05) is 6.42 Å². The second kappa shape index (κ2) is 13.9. The van der Waals surface area contributed by atoms with Crippen LogP contribution in [0.2, 0.25) is 0 Å². The Morgan fingerprint density at radius 3 is 1.88 bits per heavy atom. The van der Waals surface area contributed by atoms with Crippen molar-refractivity contribution in [3.63, 3.8) is 0 Å². The van der Waals surface area contributed by atoms with Crippen molar-refractivity contribution in [2.24, 2.45) is 5.92 Å². The number of aryl methyl sites for hydroxylation is 1. The van der Waals surface area contributed by atoms with Gasteiger partial charge in [0.15, 0.2) is 0 Å². The number of hydrogen-bond acceptors (Lipinski definition) is 1. The molecule has 0 saturated heterocycles. The van der Waals surface area contributed by atoms with Gasteiger partial charge in [-0.05, 0) is 36.5 Å². The number of aliphatic carboxylic acids is 1. The maximum atomic E-state index is 12.8. The summed E-state index contributed by atoms with van der Waals surface area (Å²) in [6.07, 6.45) is 15.1. The van der Waals surface area contributed by atoms with Gasteiger partial charge >= 0.3 is 5.97 Å². The number of carboxylic acid groups (broad SMARTS) is 1. The molecule has 0 aliphatic carbocycles. The van der Waals surface area contributed by atoms with Crippen molar-refractivity contribution >= 4 is 5.97 Å². The zero-order valence-electron chi connectivity index (χ0n) is 15.8. The predicted octanol–water partition coefficient (Wildman–Crippen LogP) is 6.77. The van der Waals surface area contributed by atoms with Crippen molar-refractivity contribution < 1.29 is 14.3 Å². The largest absolute Gasteiger partial charge is 0.481 e. The molecule has 0 aromatic heterocycles. The molecule has 0 aliphatic rings. The van der Waals surface area contributed by atoms with Crippen LogP contribution in [0.3, 0.4) is 0 Å². The molecule has 1 aromatic rings. The number of unbranched alkanes of at least 4 members (excludes halogenated alkanes) is 9. The van der Waals surface area contributed by atoms with Crippen LogP contribution >= 0.6 is 0 Å². The van der Waals surface area contributed by atoms with Crippen LogP contribution < -0.4 is 0 Å². The highest BCUT2D eigenvalue weighted by Crippen LogP contribution is 2.16. The maximum Gasteiger partial charge on any atom is 0.303 e. The van der Waals surface area contributed by atoms with E-state index in [1.54, 1.807) is 12.1 Å². The smallest absolute Gasteiger partial charge is 0.303 e. The average Bonchev–Trinajstić information content (AvgIpc) is 2.57. The minimum absolute atomic E-state index is 0.154. The summed E-state index contributed by atoms with van der Waals surface area (Å²) < 4.78 is 12.8. The molecule has 0 fully saturated rings. The van der Waals surface area contributed by atoms with Gasteiger partial charge in [0.2, 0.25) is 0 Å². The van der Waals surface area contributed by atoms with Gasteiger partial charge in [-0.2, -0.15) is 0 Å². The Balaban J connectivity index is 1.81. The molecule has 0 unspecified atom stereocenters. The van der Waals surface area contributed by atoms with Crippen molar-refractivity contribution in [2.45, 2.75) is 90.4 Å². The van der Waals surface area contributed by atoms with Crippen LogP contribution in [-0.2, 0) is 11.2 Å². The minimum Gasteiger partial charge on any atom is -0.481 e. The van der Waals surface area contributed by atoms with E-state index in [0.717, 1.165) is 19.3 Å². The Bertz CT molecular complexity index is 456. The quantitative estimate of drug-likeness (QED) is 0.355. The molecular weight excluding hydrogens is 314 g/mol. The van der Waals surface area contributed by atoms with Gasteiger partial charge in [-0.1, -0.05) is 83.3 Å². The fourth-order valence-electron chi connectivity index (χ4n) is 3.29. The summed E-state index contributed by atoms with van der Waals surface area (Å²) in [4.78, 5) is 10.6. The van der Waals surface area contributed by atoms with Crippen molar-refractivity contribution in [3.05, 3.63) is 35.6 Å². The molecule has 0 aliphatic heterocycles. The van der Waals surface area contributed by atoms with Crippen LogP contribution in [0, 0.1) is 11.7 Å². The Hall–Kier alpha value is -1.38. The van der Waals surface area contributed by atoms with Crippen LogP contribution in [0.1, 0.15) is 89.5 Å². The van der Waals surface area contributed by atoms with Crippen molar-refractivity contribution in [2.75, 3.05) is 0 Å². The third kappa shape index (κ3) is 12.6. The first-order valence-electron chi connectivity index (χ1n) is 10.0. The highest BCUT2D eigenvalue weighted by molar-refractivity contribution is 5.66. The number of carboxylic acids is 1. The maximum absolute atomic E-state index is 12.8.